The summed E-state index contributed by atoms with van der Waals surface area (Å²) in [6.07, 6.45) is 0. The first-order valence-electron chi connectivity index (χ1n) is 5.30. The number of nitrogens with two attached hydrogens (primary N) is 1. The highest BCUT2D eigenvalue weighted by Gasteiger charge is 2.25. The highest BCUT2D eigenvalue weighted by Crippen LogP contribution is 2.28. The van der Waals surface area contributed by atoms with Crippen molar-refractivity contribution in [2.24, 2.45) is 5.92 Å². The quantitative estimate of drug-likeness (QED) is 0.841. The Hall–Kier alpha value is -1.17. The van der Waals surface area contributed by atoms with E-state index in [9.17, 15) is 12.8 Å². The zero-order valence-electron chi connectivity index (χ0n) is 10.4. The third kappa shape index (κ3) is 3.43. The lowest BCUT2D eigenvalue weighted by Crippen LogP contribution is -2.31. The predicted octanol–water partition coefficient (Wildman–Crippen LogP) is 1.95. The topological polar surface area (TPSA) is 87.2 Å². The van der Waals surface area contributed by atoms with Crippen LogP contribution >= 0.6 is 15.9 Å². The summed E-state index contributed by atoms with van der Waals surface area (Å²) in [6, 6.07) is 4.01. The van der Waals surface area contributed by atoms with E-state index in [1.54, 1.807) is 6.92 Å². The van der Waals surface area contributed by atoms with Crippen LogP contribution in [0, 0.1) is 23.1 Å². The Morgan fingerprint density at radius 1 is 1.58 bits per heavy atom. The van der Waals surface area contributed by atoms with Gasteiger partial charge in [-0.15, -0.1) is 0 Å². The number of halogens is 2. The molecule has 1 rings (SSSR count). The van der Waals surface area contributed by atoms with E-state index in [0.717, 1.165) is 16.4 Å². The number of anilines is 1. The maximum absolute atomic E-state index is 13.2. The minimum absolute atomic E-state index is 0.0157. The number of benzene rings is 1. The molecule has 0 amide bonds. The number of nitrogen functional groups attached to an aromatic ring is 1. The number of rotatable bonds is 4. The van der Waals surface area contributed by atoms with Gasteiger partial charge in [0.15, 0.2) is 0 Å². The summed E-state index contributed by atoms with van der Waals surface area (Å²) in [7, 11) is -2.51. The normalized spacial score (nSPS) is 13.3. The minimum atomic E-state index is -3.85. The molecule has 1 aromatic carbocycles. The predicted molar refractivity (Wildman–Crippen MR) is 73.1 cm³/mol. The van der Waals surface area contributed by atoms with Gasteiger partial charge in [0.05, 0.1) is 22.1 Å². The smallest absolute Gasteiger partial charge is 0.244 e. The summed E-state index contributed by atoms with van der Waals surface area (Å²) in [5.74, 6) is -1.09. The summed E-state index contributed by atoms with van der Waals surface area (Å²) in [5.41, 5.74) is 5.38. The SMILES string of the molecule is CC(C#N)CN(C)S(=O)(=O)c1cc(Br)c(F)cc1N. The summed E-state index contributed by atoms with van der Waals surface area (Å²) < 4.78 is 38.8. The number of hydrogen-bond donors (Lipinski definition) is 1. The van der Waals surface area contributed by atoms with Gasteiger partial charge in [0.1, 0.15) is 10.7 Å². The second-order valence-electron chi connectivity index (χ2n) is 4.12. The molecule has 0 radical (unpaired) electrons. The second kappa shape index (κ2) is 5.86. The first-order valence-corrected chi connectivity index (χ1v) is 7.54. The van der Waals surface area contributed by atoms with E-state index in [-0.39, 0.29) is 21.6 Å². The molecule has 0 aliphatic heterocycles. The van der Waals surface area contributed by atoms with Crippen molar-refractivity contribution in [1.82, 2.24) is 4.31 Å². The Morgan fingerprint density at radius 3 is 2.68 bits per heavy atom. The van der Waals surface area contributed by atoms with Crippen LogP contribution in [0.5, 0.6) is 0 Å². The summed E-state index contributed by atoms with van der Waals surface area (Å²) >= 11 is 2.92. The molecule has 0 bridgehead atoms. The van der Waals surface area contributed by atoms with E-state index in [0.29, 0.717) is 0 Å². The van der Waals surface area contributed by atoms with Crippen LogP contribution in [0.25, 0.3) is 0 Å². The summed E-state index contributed by atoms with van der Waals surface area (Å²) in [4.78, 5) is -0.187. The van der Waals surface area contributed by atoms with Crippen LogP contribution < -0.4 is 5.73 Å². The fourth-order valence-electron chi connectivity index (χ4n) is 1.46. The molecule has 8 heteroatoms. The van der Waals surface area contributed by atoms with Gasteiger partial charge in [-0.05, 0) is 35.0 Å². The fraction of sp³-hybridized carbons (Fsp3) is 0.364. The zero-order valence-corrected chi connectivity index (χ0v) is 12.8. The van der Waals surface area contributed by atoms with Crippen LogP contribution in [0.3, 0.4) is 0 Å². The Labute approximate surface area is 120 Å². The van der Waals surface area contributed by atoms with Crippen LogP contribution in [0.4, 0.5) is 10.1 Å². The Balaban J connectivity index is 3.21. The van der Waals surface area contributed by atoms with Gasteiger partial charge in [0, 0.05) is 13.6 Å². The van der Waals surface area contributed by atoms with Crippen molar-refractivity contribution in [1.29, 1.82) is 5.26 Å². The largest absolute Gasteiger partial charge is 0.398 e. The van der Waals surface area contributed by atoms with Crippen molar-refractivity contribution in [3.05, 3.63) is 22.4 Å². The van der Waals surface area contributed by atoms with Gasteiger partial charge in [-0.25, -0.2) is 12.8 Å². The number of nitriles is 1. The van der Waals surface area contributed by atoms with Gasteiger partial charge < -0.3 is 5.73 Å². The monoisotopic (exact) mass is 349 g/mol. The molecule has 0 heterocycles. The number of hydrogen-bond acceptors (Lipinski definition) is 4. The van der Waals surface area contributed by atoms with Crippen molar-refractivity contribution in [3.63, 3.8) is 0 Å². The molecule has 0 aliphatic rings. The van der Waals surface area contributed by atoms with Crippen molar-refractivity contribution in [2.45, 2.75) is 11.8 Å². The van der Waals surface area contributed by atoms with Crippen molar-refractivity contribution >= 4 is 31.6 Å². The van der Waals surface area contributed by atoms with Crippen LogP contribution in [-0.2, 0) is 10.0 Å². The third-order valence-corrected chi connectivity index (χ3v) is 4.98. The van der Waals surface area contributed by atoms with Crippen LogP contribution in [0.15, 0.2) is 21.5 Å². The molecule has 2 N–H and O–H groups in total. The second-order valence-corrected chi connectivity index (χ2v) is 6.99. The highest BCUT2D eigenvalue weighted by atomic mass is 79.9. The molecule has 1 aromatic rings. The molecule has 0 fully saturated rings. The lowest BCUT2D eigenvalue weighted by molar-refractivity contribution is 0.439. The zero-order chi connectivity index (χ0) is 14.8. The summed E-state index contributed by atoms with van der Waals surface area (Å²) in [6.45, 7) is 1.64. The first kappa shape index (κ1) is 15.9. The van der Waals surface area contributed by atoms with Gasteiger partial charge >= 0.3 is 0 Å². The molecule has 104 valence electrons. The highest BCUT2D eigenvalue weighted by molar-refractivity contribution is 9.10. The van der Waals surface area contributed by atoms with Gasteiger partial charge in [0.2, 0.25) is 10.0 Å². The van der Waals surface area contributed by atoms with E-state index in [2.05, 4.69) is 15.9 Å². The van der Waals surface area contributed by atoms with E-state index in [1.165, 1.54) is 7.05 Å². The van der Waals surface area contributed by atoms with Crippen molar-refractivity contribution < 1.29 is 12.8 Å². The van der Waals surface area contributed by atoms with Crippen molar-refractivity contribution in [3.8, 4) is 6.07 Å². The molecular weight excluding hydrogens is 337 g/mol. The van der Waals surface area contributed by atoms with Gasteiger partial charge in [-0.1, -0.05) is 0 Å². The summed E-state index contributed by atoms with van der Waals surface area (Å²) in [5, 5.41) is 8.70. The standard InChI is InChI=1S/C11H13BrFN3O2S/c1-7(5-14)6-16(2)19(17,18)11-3-8(12)9(13)4-10(11)15/h3-4,7H,6,15H2,1-2H3. The maximum Gasteiger partial charge on any atom is 0.244 e. The first-order chi connectivity index (χ1) is 8.70. The molecule has 0 spiro atoms. The maximum atomic E-state index is 13.2. The molecule has 0 saturated heterocycles. The lowest BCUT2D eigenvalue weighted by atomic mass is 10.2. The van der Waals surface area contributed by atoms with E-state index < -0.39 is 21.8 Å². The Morgan fingerprint density at radius 2 is 2.16 bits per heavy atom. The minimum Gasteiger partial charge on any atom is -0.398 e. The molecule has 1 atom stereocenters. The van der Waals surface area contributed by atoms with E-state index >= 15 is 0 Å². The van der Waals surface area contributed by atoms with E-state index in [1.807, 2.05) is 6.07 Å². The number of sulfonamides is 1. The van der Waals surface area contributed by atoms with Gasteiger partial charge in [0.25, 0.3) is 0 Å². The molecular formula is C11H13BrFN3O2S. The molecule has 19 heavy (non-hydrogen) atoms. The van der Waals surface area contributed by atoms with Crippen LogP contribution in [-0.4, -0.2) is 26.3 Å². The van der Waals surface area contributed by atoms with Crippen LogP contribution in [0.1, 0.15) is 6.92 Å². The average Bonchev–Trinajstić information content (AvgIpc) is 2.33. The molecule has 1 unspecified atom stereocenters. The third-order valence-electron chi connectivity index (χ3n) is 2.49. The average molecular weight is 350 g/mol. The van der Waals surface area contributed by atoms with Crippen molar-refractivity contribution in [2.75, 3.05) is 19.3 Å². The molecule has 0 aliphatic carbocycles. The van der Waals surface area contributed by atoms with Gasteiger partial charge in [-0.2, -0.15) is 9.57 Å². The number of nitrogens with zero attached hydrogens (tertiary/aromatic N) is 2. The van der Waals surface area contributed by atoms with Crippen LogP contribution in [0.2, 0.25) is 0 Å². The fourth-order valence-corrected chi connectivity index (χ4v) is 3.33. The molecule has 5 nitrogen and oxygen atoms in total. The lowest BCUT2D eigenvalue weighted by Gasteiger charge is -2.19. The molecule has 0 aromatic heterocycles. The van der Waals surface area contributed by atoms with E-state index in [4.69, 9.17) is 11.0 Å². The Kier molecular flexibility index (Phi) is 4.90. The molecule has 0 saturated carbocycles. The Bertz CT molecular complexity index is 628. The van der Waals surface area contributed by atoms with Gasteiger partial charge in [-0.3, -0.25) is 0 Å².